The summed E-state index contributed by atoms with van der Waals surface area (Å²) in [5.74, 6) is 0. The van der Waals surface area contributed by atoms with E-state index >= 15 is 0 Å². The van der Waals surface area contributed by atoms with E-state index in [0.717, 1.165) is 6.07 Å². The Morgan fingerprint density at radius 3 is 1.80 bits per heavy atom. The summed E-state index contributed by atoms with van der Waals surface area (Å²) in [7, 11) is -10.1. The second-order valence-electron chi connectivity index (χ2n) is 3.52. The zero-order valence-electron chi connectivity index (χ0n) is 10.7. The Morgan fingerprint density at radius 1 is 0.750 bits per heavy atom. The Morgan fingerprint density at radius 2 is 1.30 bits per heavy atom. The van der Waals surface area contributed by atoms with Crippen LogP contribution in [0.5, 0.6) is 0 Å². The van der Waals surface area contributed by atoms with Gasteiger partial charge in [0.1, 0.15) is 20.2 Å². The van der Waals surface area contributed by atoms with Gasteiger partial charge in [-0.05, 0) is 11.5 Å². The maximum absolute atomic E-state index is 11.2. The topological polar surface area (TPSA) is 114 Å². The fourth-order valence-corrected chi connectivity index (χ4v) is 3.63. The first-order valence-corrected chi connectivity index (χ1v) is 7.46. The molecule has 96 valence electrons. The first-order valence-electron chi connectivity index (χ1n) is 4.65. The standard InChI is InChI=1S/C10H8O6S2.2Fr/c11-17(12,13)9-6-5-7-3-1-2-4-8(7)10(9)18(14,15)16;;/h1-6H,(H,11,12,13)(H,14,15,16);;/q;2*+1/p-2. The average molecular weight is 732 g/mol. The molecule has 0 saturated carbocycles. The summed E-state index contributed by atoms with van der Waals surface area (Å²) in [6.07, 6.45) is 0. The van der Waals surface area contributed by atoms with Gasteiger partial charge >= 0.3 is 99.7 Å². The SMILES string of the molecule is O=S(=O)([O-])c1ccc2ccccc2c1S(=O)(=O)[O-].[Fr+].[Fr+]. The van der Waals surface area contributed by atoms with Gasteiger partial charge in [0.05, 0.1) is 9.79 Å². The fraction of sp³-hybridized carbons (Fsp3) is 0. The van der Waals surface area contributed by atoms with E-state index in [4.69, 9.17) is 0 Å². The van der Waals surface area contributed by atoms with Gasteiger partial charge in [0.25, 0.3) is 0 Å². The molecule has 6 nitrogen and oxygen atoms in total. The number of fused-ring (bicyclic) bond motifs is 1. The van der Waals surface area contributed by atoms with Crippen LogP contribution in [0.4, 0.5) is 0 Å². The Bertz CT molecular complexity index is 830. The first kappa shape index (κ1) is 21.7. The van der Waals surface area contributed by atoms with E-state index in [-0.39, 0.29) is 105 Å². The van der Waals surface area contributed by atoms with Crippen LogP contribution in [0, 0.1) is 99.7 Å². The number of hydrogen-bond donors (Lipinski definition) is 0. The molecule has 0 aliphatic carbocycles. The van der Waals surface area contributed by atoms with E-state index in [2.05, 4.69) is 0 Å². The summed E-state index contributed by atoms with van der Waals surface area (Å²) in [6, 6.07) is 7.91. The van der Waals surface area contributed by atoms with Crippen LogP contribution in [0.2, 0.25) is 0 Å². The molecule has 2 aromatic rings. The van der Waals surface area contributed by atoms with E-state index in [1.165, 1.54) is 24.3 Å². The van der Waals surface area contributed by atoms with Gasteiger partial charge in [-0.25, -0.2) is 16.8 Å². The third kappa shape index (κ3) is 4.85. The minimum atomic E-state index is -5.07. The second kappa shape index (κ2) is 8.00. The van der Waals surface area contributed by atoms with Gasteiger partial charge in [-0.15, -0.1) is 0 Å². The molecule has 0 unspecified atom stereocenters. The predicted octanol–water partition coefficient (Wildman–Crippen LogP) is 0.648. The Kier molecular flexibility index (Phi) is 8.69. The second-order valence-corrected chi connectivity index (χ2v) is 6.19. The average Bonchev–Trinajstić information content (AvgIpc) is 2.24. The fourth-order valence-electron chi connectivity index (χ4n) is 1.68. The van der Waals surface area contributed by atoms with E-state index in [0.29, 0.717) is 5.39 Å². The maximum atomic E-state index is 11.2. The molecule has 0 bridgehead atoms. The summed E-state index contributed by atoms with van der Waals surface area (Å²) in [6.45, 7) is 0. The van der Waals surface area contributed by atoms with Crippen molar-refractivity contribution in [1.82, 2.24) is 0 Å². The molecule has 0 amide bonds. The predicted molar refractivity (Wildman–Crippen MR) is 59.9 cm³/mol. The first-order chi connectivity index (χ1) is 8.21. The van der Waals surface area contributed by atoms with Crippen molar-refractivity contribution in [2.24, 2.45) is 0 Å². The largest absolute Gasteiger partial charge is 1.00 e. The van der Waals surface area contributed by atoms with Crippen molar-refractivity contribution in [2.45, 2.75) is 9.79 Å². The quantitative estimate of drug-likeness (QED) is 0.420. The molecule has 20 heavy (non-hydrogen) atoms. The summed E-state index contributed by atoms with van der Waals surface area (Å²) in [5, 5.41) is 0.281. The van der Waals surface area contributed by atoms with Crippen molar-refractivity contribution in [3.8, 4) is 0 Å². The molecule has 0 aliphatic heterocycles. The summed E-state index contributed by atoms with van der Waals surface area (Å²) < 4.78 is 66.4. The zero-order chi connectivity index (χ0) is 13.6. The third-order valence-corrected chi connectivity index (χ3v) is 4.31. The number of rotatable bonds is 2. The molecule has 2 aromatic carbocycles. The molecule has 0 heterocycles. The summed E-state index contributed by atoms with van der Waals surface area (Å²) >= 11 is 0. The van der Waals surface area contributed by atoms with E-state index in [1.54, 1.807) is 6.07 Å². The molecule has 0 fully saturated rings. The molecule has 0 radical (unpaired) electrons. The van der Waals surface area contributed by atoms with Gasteiger partial charge in [0.15, 0.2) is 0 Å². The Labute approximate surface area is 198 Å². The van der Waals surface area contributed by atoms with Crippen molar-refractivity contribution in [3.05, 3.63) is 36.4 Å². The minimum absolute atomic E-state index is 0. The van der Waals surface area contributed by atoms with Gasteiger partial charge in [0.2, 0.25) is 0 Å². The van der Waals surface area contributed by atoms with Crippen LogP contribution >= 0.6 is 0 Å². The molecular weight excluding hydrogens is 726 g/mol. The van der Waals surface area contributed by atoms with Crippen LogP contribution in [0.1, 0.15) is 0 Å². The zero-order valence-corrected chi connectivity index (χ0v) is 28.8. The molecule has 0 N–H and O–H groups in total. The van der Waals surface area contributed by atoms with Crippen molar-refractivity contribution >= 4 is 31.0 Å². The Balaban J connectivity index is 0.00000180. The van der Waals surface area contributed by atoms with Gasteiger partial charge in [-0.3, -0.25) is 0 Å². The number of benzene rings is 2. The molecular formula is C10H6Fr2O6S2. The number of hydrogen-bond acceptors (Lipinski definition) is 6. The van der Waals surface area contributed by atoms with Crippen molar-refractivity contribution < 1.29 is 126 Å². The van der Waals surface area contributed by atoms with Crippen LogP contribution in [-0.4, -0.2) is 25.9 Å². The van der Waals surface area contributed by atoms with Gasteiger partial charge < -0.3 is 9.11 Å². The van der Waals surface area contributed by atoms with Crippen LogP contribution < -0.4 is 0 Å². The minimum Gasteiger partial charge on any atom is -0.744 e. The molecule has 0 aliphatic rings. The van der Waals surface area contributed by atoms with Crippen molar-refractivity contribution in [2.75, 3.05) is 0 Å². The molecule has 0 atom stereocenters. The third-order valence-electron chi connectivity index (χ3n) is 2.36. The van der Waals surface area contributed by atoms with Gasteiger partial charge in [-0.2, -0.15) is 0 Å². The van der Waals surface area contributed by atoms with Crippen LogP contribution in [-0.2, 0) is 20.2 Å². The van der Waals surface area contributed by atoms with Gasteiger partial charge in [-0.1, -0.05) is 30.3 Å². The molecule has 0 aromatic heterocycles. The van der Waals surface area contributed by atoms with E-state index in [1.807, 2.05) is 0 Å². The Hall–Kier alpha value is 1.71. The smallest absolute Gasteiger partial charge is 0.744 e. The summed E-state index contributed by atoms with van der Waals surface area (Å²) in [5.41, 5.74) is 0. The normalized spacial score (nSPS) is 11.5. The molecule has 10 heteroatoms. The van der Waals surface area contributed by atoms with E-state index in [9.17, 15) is 25.9 Å². The monoisotopic (exact) mass is 732 g/mol. The maximum Gasteiger partial charge on any atom is 1.00 e. The molecule has 2 rings (SSSR count). The molecule has 0 saturated heterocycles. The van der Waals surface area contributed by atoms with Crippen molar-refractivity contribution in [3.63, 3.8) is 0 Å². The van der Waals surface area contributed by atoms with Crippen LogP contribution in [0.25, 0.3) is 10.8 Å². The van der Waals surface area contributed by atoms with Crippen LogP contribution in [0.15, 0.2) is 46.2 Å². The van der Waals surface area contributed by atoms with Crippen LogP contribution in [0.3, 0.4) is 0 Å². The summed E-state index contributed by atoms with van der Waals surface area (Å²) in [4.78, 5) is -2.01. The molecule has 0 spiro atoms. The van der Waals surface area contributed by atoms with E-state index < -0.39 is 30.0 Å². The van der Waals surface area contributed by atoms with Gasteiger partial charge in [0, 0.05) is 5.39 Å². The van der Waals surface area contributed by atoms with Crippen molar-refractivity contribution in [1.29, 1.82) is 0 Å².